The molecule has 0 fully saturated rings. The summed E-state index contributed by atoms with van der Waals surface area (Å²) in [6.45, 7) is 3.91. The zero-order valence-corrected chi connectivity index (χ0v) is 9.35. The number of hydrogen-bond donors (Lipinski definition) is 0. The van der Waals surface area contributed by atoms with Crippen molar-refractivity contribution in [3.63, 3.8) is 0 Å². The standard InChI is InChI=1S/C9H12BrNO2/c1-6-7(2)9(13)11(8(6)12)5-3-4-10/h3-5H2,1-2H3. The topological polar surface area (TPSA) is 37.4 Å². The van der Waals surface area contributed by atoms with Crippen LogP contribution in [0.5, 0.6) is 0 Å². The highest BCUT2D eigenvalue weighted by Crippen LogP contribution is 2.19. The second-order valence-electron chi connectivity index (χ2n) is 3.05. The van der Waals surface area contributed by atoms with Crippen molar-refractivity contribution in [1.82, 2.24) is 4.90 Å². The maximum atomic E-state index is 11.5. The summed E-state index contributed by atoms with van der Waals surface area (Å²) in [5.74, 6) is -0.271. The Morgan fingerprint density at radius 2 is 1.62 bits per heavy atom. The van der Waals surface area contributed by atoms with Gasteiger partial charge in [-0.15, -0.1) is 0 Å². The van der Waals surface area contributed by atoms with Crippen LogP contribution in [0.1, 0.15) is 20.3 Å². The first kappa shape index (κ1) is 10.4. The third-order valence-corrected chi connectivity index (χ3v) is 2.77. The summed E-state index contributed by atoms with van der Waals surface area (Å²) in [6, 6.07) is 0. The van der Waals surface area contributed by atoms with E-state index in [0.717, 1.165) is 11.8 Å². The normalized spacial score (nSPS) is 17.6. The minimum absolute atomic E-state index is 0.136. The molecule has 1 heterocycles. The number of nitrogens with zero attached hydrogens (tertiary/aromatic N) is 1. The maximum Gasteiger partial charge on any atom is 0.256 e. The van der Waals surface area contributed by atoms with Gasteiger partial charge in [-0.25, -0.2) is 0 Å². The van der Waals surface area contributed by atoms with Crippen LogP contribution in [0.3, 0.4) is 0 Å². The molecule has 0 N–H and O–H groups in total. The van der Waals surface area contributed by atoms with Crippen LogP contribution in [-0.2, 0) is 9.59 Å². The van der Waals surface area contributed by atoms with E-state index < -0.39 is 0 Å². The van der Waals surface area contributed by atoms with Gasteiger partial charge in [0.25, 0.3) is 11.8 Å². The first-order valence-corrected chi connectivity index (χ1v) is 5.31. The highest BCUT2D eigenvalue weighted by Gasteiger charge is 2.32. The molecule has 0 atom stereocenters. The molecule has 0 bridgehead atoms. The molecule has 4 heteroatoms. The Morgan fingerprint density at radius 1 is 1.15 bits per heavy atom. The Bertz CT molecular complexity index is 259. The van der Waals surface area contributed by atoms with E-state index >= 15 is 0 Å². The van der Waals surface area contributed by atoms with Gasteiger partial charge >= 0.3 is 0 Å². The van der Waals surface area contributed by atoms with Crippen LogP contribution in [0.4, 0.5) is 0 Å². The molecular formula is C9H12BrNO2. The molecule has 2 amide bonds. The number of rotatable bonds is 3. The van der Waals surface area contributed by atoms with Gasteiger partial charge in [0, 0.05) is 23.0 Å². The fourth-order valence-corrected chi connectivity index (χ4v) is 1.49. The molecule has 0 aromatic heterocycles. The minimum atomic E-state index is -0.136. The van der Waals surface area contributed by atoms with E-state index in [0.29, 0.717) is 17.7 Å². The van der Waals surface area contributed by atoms with Crippen LogP contribution in [0.25, 0.3) is 0 Å². The fraction of sp³-hybridized carbons (Fsp3) is 0.556. The van der Waals surface area contributed by atoms with Crippen molar-refractivity contribution in [2.24, 2.45) is 0 Å². The molecule has 0 spiro atoms. The summed E-state index contributed by atoms with van der Waals surface area (Å²) in [6.07, 6.45) is 0.804. The smallest absolute Gasteiger partial charge is 0.256 e. The van der Waals surface area contributed by atoms with E-state index in [4.69, 9.17) is 0 Å². The van der Waals surface area contributed by atoms with E-state index in [2.05, 4.69) is 15.9 Å². The molecule has 0 aromatic carbocycles. The monoisotopic (exact) mass is 245 g/mol. The largest absolute Gasteiger partial charge is 0.275 e. The number of amides is 2. The van der Waals surface area contributed by atoms with Crippen LogP contribution in [0.2, 0.25) is 0 Å². The minimum Gasteiger partial charge on any atom is -0.275 e. The fourth-order valence-electron chi connectivity index (χ4n) is 1.24. The SMILES string of the molecule is CC1=C(C)C(=O)N(CCCBr)C1=O. The first-order valence-electron chi connectivity index (χ1n) is 4.19. The first-order chi connectivity index (χ1) is 6.09. The molecule has 1 aliphatic heterocycles. The molecule has 3 nitrogen and oxygen atoms in total. The average Bonchev–Trinajstić information content (AvgIpc) is 2.30. The lowest BCUT2D eigenvalue weighted by Gasteiger charge is -2.13. The number of alkyl halides is 1. The van der Waals surface area contributed by atoms with Gasteiger partial charge in [0.15, 0.2) is 0 Å². The number of carbonyl (C=O) groups excluding carboxylic acids is 2. The van der Waals surface area contributed by atoms with Crippen molar-refractivity contribution in [2.45, 2.75) is 20.3 Å². The van der Waals surface area contributed by atoms with Crippen molar-refractivity contribution >= 4 is 27.7 Å². The van der Waals surface area contributed by atoms with E-state index in [1.165, 1.54) is 4.90 Å². The molecule has 72 valence electrons. The molecule has 0 unspecified atom stereocenters. The van der Waals surface area contributed by atoms with Crippen molar-refractivity contribution < 1.29 is 9.59 Å². The third-order valence-electron chi connectivity index (χ3n) is 2.21. The van der Waals surface area contributed by atoms with E-state index in [1.54, 1.807) is 13.8 Å². The van der Waals surface area contributed by atoms with Crippen LogP contribution in [0.15, 0.2) is 11.1 Å². The summed E-state index contributed by atoms with van der Waals surface area (Å²) in [7, 11) is 0. The summed E-state index contributed by atoms with van der Waals surface area (Å²) in [5, 5.41) is 0.808. The summed E-state index contributed by atoms with van der Waals surface area (Å²) in [5.41, 5.74) is 1.17. The maximum absolute atomic E-state index is 11.5. The Hall–Kier alpha value is -0.640. The van der Waals surface area contributed by atoms with Gasteiger partial charge in [0.2, 0.25) is 0 Å². The van der Waals surface area contributed by atoms with Crippen LogP contribution < -0.4 is 0 Å². The van der Waals surface area contributed by atoms with Crippen molar-refractivity contribution in [3.8, 4) is 0 Å². The summed E-state index contributed by atoms with van der Waals surface area (Å²) in [4.78, 5) is 24.2. The predicted octanol–water partition coefficient (Wildman–Crippen LogP) is 1.48. The van der Waals surface area contributed by atoms with E-state index in [-0.39, 0.29) is 11.8 Å². The zero-order valence-electron chi connectivity index (χ0n) is 7.76. The Kier molecular flexibility index (Phi) is 3.25. The average molecular weight is 246 g/mol. The number of halogens is 1. The lowest BCUT2D eigenvalue weighted by atomic mass is 10.2. The molecule has 0 aromatic rings. The van der Waals surface area contributed by atoms with E-state index in [9.17, 15) is 9.59 Å². The highest BCUT2D eigenvalue weighted by molar-refractivity contribution is 9.09. The second kappa shape index (κ2) is 4.05. The van der Waals surface area contributed by atoms with Gasteiger partial charge in [-0.2, -0.15) is 0 Å². The number of carbonyl (C=O) groups is 2. The molecule has 0 saturated carbocycles. The highest BCUT2D eigenvalue weighted by atomic mass is 79.9. The summed E-state index contributed by atoms with van der Waals surface area (Å²) < 4.78 is 0. The van der Waals surface area contributed by atoms with Crippen molar-refractivity contribution in [2.75, 3.05) is 11.9 Å². The van der Waals surface area contributed by atoms with Gasteiger partial charge < -0.3 is 0 Å². The van der Waals surface area contributed by atoms with E-state index in [1.807, 2.05) is 0 Å². The van der Waals surface area contributed by atoms with Gasteiger partial charge in [0.1, 0.15) is 0 Å². The Labute approximate surface area is 85.9 Å². The molecule has 13 heavy (non-hydrogen) atoms. The Morgan fingerprint density at radius 3 is 2.00 bits per heavy atom. The molecular weight excluding hydrogens is 234 g/mol. The van der Waals surface area contributed by atoms with Crippen LogP contribution in [-0.4, -0.2) is 28.6 Å². The van der Waals surface area contributed by atoms with Gasteiger partial charge in [-0.1, -0.05) is 15.9 Å². The predicted molar refractivity (Wildman–Crippen MR) is 53.5 cm³/mol. The van der Waals surface area contributed by atoms with Gasteiger partial charge in [0.05, 0.1) is 0 Å². The zero-order chi connectivity index (χ0) is 10.0. The van der Waals surface area contributed by atoms with Crippen molar-refractivity contribution in [1.29, 1.82) is 0 Å². The number of hydrogen-bond acceptors (Lipinski definition) is 2. The quantitative estimate of drug-likeness (QED) is 0.558. The lowest BCUT2D eigenvalue weighted by molar-refractivity contribution is -0.137. The third kappa shape index (κ3) is 1.82. The molecule has 1 rings (SSSR count). The molecule has 0 aliphatic carbocycles. The van der Waals surface area contributed by atoms with Crippen molar-refractivity contribution in [3.05, 3.63) is 11.1 Å². The van der Waals surface area contributed by atoms with Crippen LogP contribution in [0, 0.1) is 0 Å². The molecule has 0 saturated heterocycles. The van der Waals surface area contributed by atoms with Gasteiger partial charge in [-0.3, -0.25) is 14.5 Å². The molecule has 1 aliphatic rings. The number of imide groups is 1. The lowest BCUT2D eigenvalue weighted by Crippen LogP contribution is -2.32. The second-order valence-corrected chi connectivity index (χ2v) is 3.85. The molecule has 0 radical (unpaired) electrons. The van der Waals surface area contributed by atoms with Gasteiger partial charge in [-0.05, 0) is 20.3 Å². The van der Waals surface area contributed by atoms with Crippen LogP contribution >= 0.6 is 15.9 Å². The summed E-state index contributed by atoms with van der Waals surface area (Å²) >= 11 is 3.26. The Balaban J connectivity index is 2.73.